The Bertz CT molecular complexity index is 1060. The average Bonchev–Trinajstić information content (AvgIpc) is 2.72. The molecule has 1 amide bonds. The molecule has 10 heteroatoms. The van der Waals surface area contributed by atoms with Gasteiger partial charge in [0.1, 0.15) is 11.9 Å². The van der Waals surface area contributed by atoms with E-state index in [1.54, 1.807) is 18.1 Å². The molecule has 174 valence electrons. The number of halogens is 2. The van der Waals surface area contributed by atoms with Gasteiger partial charge in [0, 0.05) is 22.5 Å². The van der Waals surface area contributed by atoms with Crippen molar-refractivity contribution >= 4 is 43.6 Å². The Kier molecular flexibility index (Phi) is 7.88. The number of nitrogens with zero attached hydrogens (tertiary/aromatic N) is 1. The van der Waals surface area contributed by atoms with Crippen molar-refractivity contribution in [1.82, 2.24) is 4.90 Å². The minimum absolute atomic E-state index is 0.125. The van der Waals surface area contributed by atoms with Crippen molar-refractivity contribution in [3.63, 3.8) is 0 Å². The van der Waals surface area contributed by atoms with Crippen LogP contribution in [-0.2, 0) is 35.9 Å². The molecule has 0 spiro atoms. The zero-order valence-corrected chi connectivity index (χ0v) is 21.2. The summed E-state index contributed by atoms with van der Waals surface area (Å²) in [6.45, 7) is 2.34. The van der Waals surface area contributed by atoms with E-state index < -0.39 is 21.8 Å². The van der Waals surface area contributed by atoms with Crippen molar-refractivity contribution in [3.05, 3.63) is 63.1 Å². The van der Waals surface area contributed by atoms with Gasteiger partial charge in [-0.25, -0.2) is 0 Å². The Morgan fingerprint density at radius 2 is 1.94 bits per heavy atom. The summed E-state index contributed by atoms with van der Waals surface area (Å²) in [7, 11) is -2.00. The Labute approximate surface area is 201 Å². The van der Waals surface area contributed by atoms with E-state index in [0.717, 1.165) is 27.6 Å². The fraction of sp³-hybridized carbons (Fsp3) is 0.409. The average molecular weight is 547 g/mol. The second-order valence-corrected chi connectivity index (χ2v) is 10.8. The summed E-state index contributed by atoms with van der Waals surface area (Å²) in [5, 5.41) is 0.538. The number of ether oxygens (including phenoxy) is 2. The van der Waals surface area contributed by atoms with Crippen LogP contribution in [0.2, 0.25) is 5.02 Å². The zero-order valence-electron chi connectivity index (χ0n) is 18.0. The number of hydrogen-bond acceptors (Lipinski definition) is 6. The molecule has 1 heterocycles. The highest BCUT2D eigenvalue weighted by Gasteiger charge is 2.45. The lowest BCUT2D eigenvalue weighted by atomic mass is 9.88. The van der Waals surface area contributed by atoms with Crippen molar-refractivity contribution in [3.8, 4) is 5.75 Å². The van der Waals surface area contributed by atoms with E-state index in [4.69, 9.17) is 25.3 Å². The molecule has 1 fully saturated rings. The van der Waals surface area contributed by atoms with Gasteiger partial charge in [-0.1, -0.05) is 39.7 Å². The predicted molar refractivity (Wildman–Crippen MR) is 125 cm³/mol. The summed E-state index contributed by atoms with van der Waals surface area (Å²) >= 11 is 9.76. The van der Waals surface area contributed by atoms with Gasteiger partial charge >= 0.3 is 0 Å². The minimum Gasteiger partial charge on any atom is -0.497 e. The molecule has 1 saturated heterocycles. The fourth-order valence-corrected chi connectivity index (χ4v) is 4.87. The van der Waals surface area contributed by atoms with Gasteiger partial charge in [0.05, 0.1) is 32.1 Å². The summed E-state index contributed by atoms with van der Waals surface area (Å²) in [4.78, 5) is 15.2. The largest absolute Gasteiger partial charge is 0.497 e. The van der Waals surface area contributed by atoms with Crippen molar-refractivity contribution in [2.24, 2.45) is 0 Å². The fourth-order valence-electron chi connectivity index (χ4n) is 3.61. The summed E-state index contributed by atoms with van der Waals surface area (Å²) in [5.41, 5.74) is 0.947. The lowest BCUT2D eigenvalue weighted by Crippen LogP contribution is -2.58. The molecule has 0 saturated carbocycles. The minimum atomic E-state index is -3.60. The first-order valence-electron chi connectivity index (χ1n) is 9.89. The van der Waals surface area contributed by atoms with E-state index in [1.807, 2.05) is 43.3 Å². The number of carbonyl (C=O) groups is 1. The molecule has 3 rings (SSSR count). The van der Waals surface area contributed by atoms with Gasteiger partial charge in [0.2, 0.25) is 0 Å². The first-order chi connectivity index (χ1) is 15.0. The molecule has 1 aliphatic rings. The Balaban J connectivity index is 1.92. The molecule has 0 radical (unpaired) electrons. The molecule has 32 heavy (non-hydrogen) atoms. The van der Waals surface area contributed by atoms with Gasteiger partial charge in [-0.2, -0.15) is 8.42 Å². The van der Waals surface area contributed by atoms with Gasteiger partial charge in [-0.3, -0.25) is 8.98 Å². The maximum Gasteiger partial charge on any atom is 0.264 e. The standard InChI is InChI=1S/C22H25BrClNO6S/c1-22(16-10-17(23)12-18(24)11-16)14-30-20(8-9-31-32(3,27)28)21(26)25(22)13-15-4-6-19(29-2)7-5-15/h4-7,10-12,20H,8-9,13-14H2,1-3H3. The van der Waals surface area contributed by atoms with E-state index in [-0.39, 0.29) is 25.5 Å². The van der Waals surface area contributed by atoms with Gasteiger partial charge in [0.15, 0.2) is 0 Å². The number of hydrogen-bond donors (Lipinski definition) is 0. The zero-order chi connectivity index (χ0) is 23.5. The summed E-state index contributed by atoms with van der Waals surface area (Å²) in [6, 6.07) is 13.0. The van der Waals surface area contributed by atoms with Crippen LogP contribution < -0.4 is 4.74 Å². The normalized spacial score (nSPS) is 21.6. The van der Waals surface area contributed by atoms with Crippen LogP contribution in [0, 0.1) is 0 Å². The van der Waals surface area contributed by atoms with Crippen molar-refractivity contribution in [2.45, 2.75) is 31.5 Å². The van der Waals surface area contributed by atoms with Crippen molar-refractivity contribution < 1.29 is 26.9 Å². The van der Waals surface area contributed by atoms with Crippen LogP contribution in [-0.4, -0.2) is 51.9 Å². The van der Waals surface area contributed by atoms with Crippen LogP contribution in [0.5, 0.6) is 5.75 Å². The number of carbonyl (C=O) groups excluding carboxylic acids is 1. The van der Waals surface area contributed by atoms with E-state index in [9.17, 15) is 13.2 Å². The third kappa shape index (κ3) is 6.02. The van der Waals surface area contributed by atoms with Crippen LogP contribution >= 0.6 is 27.5 Å². The molecule has 2 aromatic rings. The highest BCUT2D eigenvalue weighted by molar-refractivity contribution is 9.10. The van der Waals surface area contributed by atoms with Crippen LogP contribution in [0.4, 0.5) is 0 Å². The monoisotopic (exact) mass is 545 g/mol. The highest BCUT2D eigenvalue weighted by Crippen LogP contribution is 2.38. The molecular weight excluding hydrogens is 522 g/mol. The van der Waals surface area contributed by atoms with Gasteiger partial charge < -0.3 is 14.4 Å². The van der Waals surface area contributed by atoms with E-state index in [1.165, 1.54) is 0 Å². The highest BCUT2D eigenvalue weighted by atomic mass is 79.9. The molecule has 1 aliphatic heterocycles. The number of rotatable bonds is 8. The second-order valence-electron chi connectivity index (χ2n) is 7.82. The lowest BCUT2D eigenvalue weighted by molar-refractivity contribution is -0.173. The topological polar surface area (TPSA) is 82.1 Å². The Morgan fingerprint density at radius 3 is 2.53 bits per heavy atom. The van der Waals surface area contributed by atoms with E-state index >= 15 is 0 Å². The number of amides is 1. The first kappa shape index (κ1) is 25.0. The third-order valence-corrected chi connectivity index (χ3v) is 6.64. The van der Waals surface area contributed by atoms with Crippen LogP contribution in [0.3, 0.4) is 0 Å². The summed E-state index contributed by atoms with van der Waals surface area (Å²) < 4.78 is 39.3. The number of morpholine rings is 1. The van der Waals surface area contributed by atoms with Gasteiger partial charge in [0.25, 0.3) is 16.0 Å². The molecule has 7 nitrogen and oxygen atoms in total. The Hall–Kier alpha value is -1.65. The maximum absolute atomic E-state index is 13.5. The van der Waals surface area contributed by atoms with Crippen molar-refractivity contribution in [2.75, 3.05) is 26.6 Å². The Morgan fingerprint density at radius 1 is 1.25 bits per heavy atom. The van der Waals surface area contributed by atoms with E-state index in [0.29, 0.717) is 11.6 Å². The summed E-state index contributed by atoms with van der Waals surface area (Å²) in [5.74, 6) is 0.474. The maximum atomic E-state index is 13.5. The third-order valence-electron chi connectivity index (χ3n) is 5.36. The molecule has 2 unspecified atom stereocenters. The van der Waals surface area contributed by atoms with Gasteiger partial charge in [-0.05, 0) is 48.4 Å². The number of benzene rings is 2. The van der Waals surface area contributed by atoms with Crippen LogP contribution in [0.15, 0.2) is 46.9 Å². The van der Waals surface area contributed by atoms with Gasteiger partial charge in [-0.15, -0.1) is 0 Å². The van der Waals surface area contributed by atoms with Crippen LogP contribution in [0.25, 0.3) is 0 Å². The summed E-state index contributed by atoms with van der Waals surface area (Å²) in [6.07, 6.45) is 0.284. The SMILES string of the molecule is COc1ccc(CN2C(=O)C(CCOS(C)(=O)=O)OCC2(C)c2cc(Cl)cc(Br)c2)cc1. The predicted octanol–water partition coefficient (Wildman–Crippen LogP) is 4.12. The smallest absolute Gasteiger partial charge is 0.264 e. The molecule has 2 aromatic carbocycles. The molecule has 0 aromatic heterocycles. The quantitative estimate of drug-likeness (QED) is 0.463. The first-order valence-corrected chi connectivity index (χ1v) is 12.9. The molecule has 0 N–H and O–H groups in total. The molecular formula is C22H25BrClNO6S. The molecule has 2 atom stereocenters. The molecule has 0 aliphatic carbocycles. The van der Waals surface area contributed by atoms with E-state index in [2.05, 4.69) is 15.9 Å². The lowest BCUT2D eigenvalue weighted by Gasteiger charge is -2.47. The van der Waals surface area contributed by atoms with Crippen molar-refractivity contribution in [1.29, 1.82) is 0 Å². The number of methoxy groups -OCH3 is 1. The second kappa shape index (κ2) is 10.1. The van der Waals surface area contributed by atoms with Crippen LogP contribution in [0.1, 0.15) is 24.5 Å². The molecule has 0 bridgehead atoms.